The molecule has 0 saturated heterocycles. The third-order valence-corrected chi connectivity index (χ3v) is 8.55. The first-order valence-corrected chi connectivity index (χ1v) is 12.8. The van der Waals surface area contributed by atoms with Crippen LogP contribution in [0.15, 0.2) is 140 Å². The van der Waals surface area contributed by atoms with Gasteiger partial charge in [-0.15, -0.1) is 0 Å². The minimum absolute atomic E-state index is 0.696. The fourth-order valence-electron chi connectivity index (χ4n) is 3.78. The molecular weight excluding hydrogens is 439 g/mol. The highest BCUT2D eigenvalue weighted by molar-refractivity contribution is 7.85. The molecule has 4 heteroatoms. The molecule has 0 aromatic heterocycles. The van der Waals surface area contributed by atoms with E-state index in [1.165, 1.54) is 0 Å². The minimum atomic E-state index is -3.09. The van der Waals surface area contributed by atoms with Gasteiger partial charge in [0.05, 0.1) is 0 Å². The van der Waals surface area contributed by atoms with E-state index in [2.05, 4.69) is 0 Å². The van der Waals surface area contributed by atoms with Crippen LogP contribution in [0.5, 0.6) is 23.0 Å². The minimum Gasteiger partial charge on any atom is -0.457 e. The van der Waals surface area contributed by atoms with Crippen molar-refractivity contribution in [1.82, 2.24) is 0 Å². The van der Waals surface area contributed by atoms with Crippen LogP contribution < -0.4 is 25.4 Å². The topological polar surface area (TPSA) is 35.5 Å². The van der Waals surface area contributed by atoms with Gasteiger partial charge in [0.15, 0.2) is 7.14 Å². The number of hydrogen-bond acceptors (Lipinski definition) is 3. The predicted octanol–water partition coefficient (Wildman–Crippen LogP) is 6.91. The molecule has 3 nitrogen and oxygen atoms in total. The molecule has 0 bridgehead atoms. The molecule has 0 amide bonds. The summed E-state index contributed by atoms with van der Waals surface area (Å²) in [6.07, 6.45) is 0. The van der Waals surface area contributed by atoms with Gasteiger partial charge in [-0.3, -0.25) is 0 Å². The first kappa shape index (κ1) is 21.8. The summed E-state index contributed by atoms with van der Waals surface area (Å²) in [6.45, 7) is 0. The van der Waals surface area contributed by atoms with Crippen molar-refractivity contribution in [1.29, 1.82) is 0 Å². The Kier molecular flexibility index (Phi) is 6.29. The van der Waals surface area contributed by atoms with Crippen molar-refractivity contribution in [3.63, 3.8) is 0 Å². The molecule has 0 aliphatic rings. The maximum absolute atomic E-state index is 14.7. The van der Waals surface area contributed by atoms with Gasteiger partial charge in [0.2, 0.25) is 0 Å². The van der Waals surface area contributed by atoms with E-state index in [9.17, 15) is 4.57 Å². The standard InChI is InChI=1S/C30H23O3P/c31-34(28-14-8-3-9-15-28,29-20-16-26(17-21-29)32-24-10-4-1-5-11-24)30-22-18-27(19-23-30)33-25-12-6-2-7-13-25/h1-23H. The largest absolute Gasteiger partial charge is 0.457 e. The summed E-state index contributed by atoms with van der Waals surface area (Å²) in [5.41, 5.74) is 0. The summed E-state index contributed by atoms with van der Waals surface area (Å²) in [5, 5.41) is 2.27. The number of para-hydroxylation sites is 2. The summed E-state index contributed by atoms with van der Waals surface area (Å²) in [5.74, 6) is 2.91. The van der Waals surface area contributed by atoms with Crippen molar-refractivity contribution in [3.05, 3.63) is 140 Å². The highest BCUT2D eigenvalue weighted by Crippen LogP contribution is 2.43. The second-order valence-corrected chi connectivity index (χ2v) is 10.5. The zero-order valence-corrected chi connectivity index (χ0v) is 19.3. The van der Waals surface area contributed by atoms with Gasteiger partial charge in [-0.05, 0) is 72.8 Å². The van der Waals surface area contributed by atoms with E-state index in [0.717, 1.165) is 27.4 Å². The smallest absolute Gasteiger partial charge is 0.171 e. The normalized spacial score (nSPS) is 11.1. The quantitative estimate of drug-likeness (QED) is 0.247. The molecule has 0 aliphatic carbocycles. The van der Waals surface area contributed by atoms with E-state index in [0.29, 0.717) is 11.5 Å². The molecule has 5 rings (SSSR count). The van der Waals surface area contributed by atoms with Crippen LogP contribution in [0, 0.1) is 0 Å². The Morgan fingerprint density at radius 1 is 0.353 bits per heavy atom. The Balaban J connectivity index is 1.48. The van der Waals surface area contributed by atoms with Gasteiger partial charge in [-0.25, -0.2) is 0 Å². The second-order valence-electron chi connectivity index (χ2n) is 7.76. The van der Waals surface area contributed by atoms with E-state index >= 15 is 0 Å². The summed E-state index contributed by atoms with van der Waals surface area (Å²) in [4.78, 5) is 0. The van der Waals surface area contributed by atoms with Gasteiger partial charge >= 0.3 is 0 Å². The van der Waals surface area contributed by atoms with Crippen LogP contribution in [-0.2, 0) is 4.57 Å². The fraction of sp³-hybridized carbons (Fsp3) is 0. The SMILES string of the molecule is O=P(c1ccccc1)(c1ccc(Oc2ccccc2)cc1)c1ccc(Oc2ccccc2)cc1. The zero-order valence-electron chi connectivity index (χ0n) is 18.5. The highest BCUT2D eigenvalue weighted by atomic mass is 31.2. The molecule has 166 valence electrons. The van der Waals surface area contributed by atoms with Crippen LogP contribution in [0.4, 0.5) is 0 Å². The van der Waals surface area contributed by atoms with Crippen molar-refractivity contribution < 1.29 is 14.0 Å². The molecule has 0 radical (unpaired) electrons. The second kappa shape index (κ2) is 9.82. The molecule has 0 unspecified atom stereocenters. The summed E-state index contributed by atoms with van der Waals surface area (Å²) < 4.78 is 26.5. The van der Waals surface area contributed by atoms with Gasteiger partial charge in [0, 0.05) is 15.9 Å². The number of benzene rings is 5. The Morgan fingerprint density at radius 3 is 1.03 bits per heavy atom. The summed E-state index contributed by atoms with van der Waals surface area (Å²) in [7, 11) is -3.09. The molecule has 0 N–H and O–H groups in total. The van der Waals surface area contributed by atoms with Crippen LogP contribution in [0.25, 0.3) is 0 Å². The van der Waals surface area contributed by atoms with Crippen LogP contribution >= 0.6 is 7.14 Å². The molecule has 5 aromatic carbocycles. The van der Waals surface area contributed by atoms with Gasteiger partial charge in [0.1, 0.15) is 23.0 Å². The lowest BCUT2D eigenvalue weighted by molar-refractivity contribution is 0.482. The Bertz CT molecular complexity index is 1290. The fourth-order valence-corrected chi connectivity index (χ4v) is 6.41. The van der Waals surface area contributed by atoms with E-state index in [1.807, 2.05) is 140 Å². The van der Waals surface area contributed by atoms with Gasteiger partial charge in [0.25, 0.3) is 0 Å². The Hall–Kier alpha value is -4.07. The highest BCUT2D eigenvalue weighted by Gasteiger charge is 2.29. The van der Waals surface area contributed by atoms with Crippen molar-refractivity contribution >= 4 is 23.1 Å². The van der Waals surface area contributed by atoms with Crippen molar-refractivity contribution in [2.45, 2.75) is 0 Å². The predicted molar refractivity (Wildman–Crippen MR) is 139 cm³/mol. The average molecular weight is 462 g/mol. The van der Waals surface area contributed by atoms with Crippen LogP contribution in [0.2, 0.25) is 0 Å². The van der Waals surface area contributed by atoms with E-state index in [1.54, 1.807) is 0 Å². The maximum atomic E-state index is 14.7. The molecule has 0 fully saturated rings. The van der Waals surface area contributed by atoms with E-state index < -0.39 is 7.14 Å². The first-order chi connectivity index (χ1) is 16.7. The Labute approximate surface area is 199 Å². The monoisotopic (exact) mass is 462 g/mol. The molecule has 0 spiro atoms. The third kappa shape index (κ3) is 4.66. The summed E-state index contributed by atoms with van der Waals surface area (Å²) >= 11 is 0. The lowest BCUT2D eigenvalue weighted by Crippen LogP contribution is -2.24. The molecule has 0 heterocycles. The van der Waals surface area contributed by atoms with Crippen LogP contribution in [-0.4, -0.2) is 0 Å². The van der Waals surface area contributed by atoms with E-state index in [-0.39, 0.29) is 0 Å². The van der Waals surface area contributed by atoms with Gasteiger partial charge < -0.3 is 14.0 Å². The third-order valence-electron chi connectivity index (χ3n) is 5.48. The average Bonchev–Trinajstić information content (AvgIpc) is 2.91. The zero-order chi connectivity index (χ0) is 23.2. The summed E-state index contributed by atoms with van der Waals surface area (Å²) in [6, 6.07) is 43.9. The van der Waals surface area contributed by atoms with Crippen molar-refractivity contribution in [2.24, 2.45) is 0 Å². The maximum Gasteiger partial charge on any atom is 0.171 e. The Morgan fingerprint density at radius 2 is 0.647 bits per heavy atom. The van der Waals surface area contributed by atoms with Crippen LogP contribution in [0.3, 0.4) is 0 Å². The molecule has 5 aromatic rings. The van der Waals surface area contributed by atoms with Gasteiger partial charge in [-0.1, -0.05) is 66.7 Å². The molecular formula is C30H23O3P. The molecule has 0 atom stereocenters. The number of ether oxygens (including phenoxy) is 2. The molecule has 0 saturated carbocycles. The van der Waals surface area contributed by atoms with Crippen LogP contribution in [0.1, 0.15) is 0 Å². The number of hydrogen-bond donors (Lipinski definition) is 0. The lowest BCUT2D eigenvalue weighted by Gasteiger charge is -2.20. The first-order valence-electron chi connectivity index (χ1n) is 11.0. The van der Waals surface area contributed by atoms with Crippen molar-refractivity contribution in [2.75, 3.05) is 0 Å². The van der Waals surface area contributed by atoms with E-state index in [4.69, 9.17) is 9.47 Å². The molecule has 0 aliphatic heterocycles. The lowest BCUT2D eigenvalue weighted by atomic mass is 10.3. The van der Waals surface area contributed by atoms with Gasteiger partial charge in [-0.2, -0.15) is 0 Å². The number of rotatable bonds is 7. The van der Waals surface area contributed by atoms with Crippen molar-refractivity contribution in [3.8, 4) is 23.0 Å². The molecule has 34 heavy (non-hydrogen) atoms.